The average molecular weight is 443 g/mol. The van der Waals surface area contributed by atoms with E-state index in [4.69, 9.17) is 9.47 Å². The van der Waals surface area contributed by atoms with E-state index in [0.29, 0.717) is 40.6 Å². The van der Waals surface area contributed by atoms with Crippen molar-refractivity contribution in [1.82, 2.24) is 0 Å². The molecular formula is C27H26N2O4. The van der Waals surface area contributed by atoms with Crippen molar-refractivity contribution >= 4 is 28.8 Å². The van der Waals surface area contributed by atoms with Gasteiger partial charge in [0.2, 0.25) is 0 Å². The highest BCUT2D eigenvalue weighted by atomic mass is 16.5. The Hall–Kier alpha value is -4.06. The minimum absolute atomic E-state index is 0.221. The van der Waals surface area contributed by atoms with Crippen LogP contribution in [0.15, 0.2) is 72.4 Å². The molecule has 1 heterocycles. The number of hydrogen-bond donors (Lipinski definition) is 1. The highest BCUT2D eigenvalue weighted by Crippen LogP contribution is 2.36. The number of nitrogens with one attached hydrogen (secondary N) is 1. The predicted octanol–water partition coefficient (Wildman–Crippen LogP) is 5.11. The molecule has 6 nitrogen and oxygen atoms in total. The van der Waals surface area contributed by atoms with Crippen LogP contribution in [0.4, 0.5) is 11.4 Å². The lowest BCUT2D eigenvalue weighted by molar-refractivity contribution is -0.120. The maximum Gasteiger partial charge on any atom is 0.282 e. The lowest BCUT2D eigenvalue weighted by Crippen LogP contribution is -2.33. The number of nitrogens with zero attached hydrogens (tertiary/aromatic N) is 1. The molecule has 33 heavy (non-hydrogen) atoms. The Balaban J connectivity index is 1.82. The molecule has 0 atom stereocenters. The van der Waals surface area contributed by atoms with Gasteiger partial charge in [0.25, 0.3) is 11.8 Å². The largest absolute Gasteiger partial charge is 0.497 e. The van der Waals surface area contributed by atoms with Crippen molar-refractivity contribution < 1.29 is 19.1 Å². The third kappa shape index (κ3) is 4.32. The summed E-state index contributed by atoms with van der Waals surface area (Å²) in [5.41, 5.74) is 4.21. The zero-order valence-electron chi connectivity index (χ0n) is 19.1. The van der Waals surface area contributed by atoms with Crippen LogP contribution in [0.25, 0.3) is 5.57 Å². The van der Waals surface area contributed by atoms with E-state index in [-0.39, 0.29) is 11.6 Å². The second-order valence-corrected chi connectivity index (χ2v) is 7.80. The molecule has 3 aromatic rings. The first-order valence-electron chi connectivity index (χ1n) is 10.8. The van der Waals surface area contributed by atoms with Gasteiger partial charge in [-0.05, 0) is 67.8 Å². The number of imide groups is 1. The highest BCUT2D eigenvalue weighted by Gasteiger charge is 2.40. The van der Waals surface area contributed by atoms with Crippen molar-refractivity contribution in [3.8, 4) is 11.5 Å². The first-order chi connectivity index (χ1) is 15.9. The number of carbonyl (C=O) groups excluding carboxylic acids is 2. The lowest BCUT2D eigenvalue weighted by atomic mass is 10.0. The van der Waals surface area contributed by atoms with Crippen molar-refractivity contribution in [1.29, 1.82) is 0 Å². The van der Waals surface area contributed by atoms with Crippen LogP contribution in [0.1, 0.15) is 23.6 Å². The van der Waals surface area contributed by atoms with Crippen molar-refractivity contribution in [2.24, 2.45) is 0 Å². The number of anilines is 2. The van der Waals surface area contributed by atoms with Crippen molar-refractivity contribution in [2.45, 2.75) is 20.8 Å². The Morgan fingerprint density at radius 2 is 1.64 bits per heavy atom. The first-order valence-corrected chi connectivity index (χ1v) is 10.8. The van der Waals surface area contributed by atoms with Gasteiger partial charge in [0.1, 0.15) is 17.2 Å². The maximum absolute atomic E-state index is 13.7. The number of rotatable bonds is 7. The van der Waals surface area contributed by atoms with E-state index >= 15 is 0 Å². The number of hydrogen-bond acceptors (Lipinski definition) is 5. The van der Waals surface area contributed by atoms with Gasteiger partial charge in [0, 0.05) is 11.8 Å². The second-order valence-electron chi connectivity index (χ2n) is 7.80. The molecule has 3 aromatic carbocycles. The average Bonchev–Trinajstić information content (AvgIpc) is 3.05. The normalized spacial score (nSPS) is 13.5. The van der Waals surface area contributed by atoms with Crippen molar-refractivity contribution in [3.05, 3.63) is 89.1 Å². The van der Waals surface area contributed by atoms with Crippen LogP contribution < -0.4 is 19.7 Å². The quantitative estimate of drug-likeness (QED) is 0.515. The van der Waals surface area contributed by atoms with Gasteiger partial charge in [-0.2, -0.15) is 0 Å². The van der Waals surface area contributed by atoms with Gasteiger partial charge in [-0.25, -0.2) is 4.90 Å². The first kappa shape index (κ1) is 22.1. The van der Waals surface area contributed by atoms with E-state index in [0.717, 1.165) is 11.1 Å². The van der Waals surface area contributed by atoms with Crippen LogP contribution in [0, 0.1) is 13.8 Å². The summed E-state index contributed by atoms with van der Waals surface area (Å²) in [6.45, 7) is 6.28. The van der Waals surface area contributed by atoms with Crippen LogP contribution in [-0.4, -0.2) is 25.5 Å². The molecule has 4 rings (SSSR count). The van der Waals surface area contributed by atoms with Gasteiger partial charge in [-0.1, -0.05) is 30.3 Å². The van der Waals surface area contributed by atoms with Gasteiger partial charge >= 0.3 is 0 Å². The third-order valence-corrected chi connectivity index (χ3v) is 5.48. The molecule has 0 unspecified atom stereocenters. The van der Waals surface area contributed by atoms with Crippen LogP contribution in [-0.2, 0) is 9.59 Å². The molecule has 0 radical (unpaired) electrons. The molecule has 0 aliphatic carbocycles. The lowest BCUT2D eigenvalue weighted by Gasteiger charge is -2.18. The summed E-state index contributed by atoms with van der Waals surface area (Å²) in [5.74, 6) is 0.572. The second kappa shape index (κ2) is 9.20. The molecule has 168 valence electrons. The van der Waals surface area contributed by atoms with Gasteiger partial charge in [0.05, 0.1) is 25.0 Å². The Kier molecular flexibility index (Phi) is 6.18. The topological polar surface area (TPSA) is 67.9 Å². The van der Waals surface area contributed by atoms with Crippen LogP contribution in [0.3, 0.4) is 0 Å². The number of benzene rings is 3. The minimum Gasteiger partial charge on any atom is -0.497 e. The highest BCUT2D eigenvalue weighted by molar-refractivity contribution is 6.46. The van der Waals surface area contributed by atoms with E-state index in [1.807, 2.05) is 57.2 Å². The fraction of sp³-hybridized carbons (Fsp3) is 0.185. The molecule has 0 fully saturated rings. The standard InChI is InChI=1S/C27H26N2O4/c1-5-33-21-13-11-19(12-14-21)24-25(28-20-7-6-8-22(16-20)32-4)27(31)29(26(24)30)23-15-17(2)9-10-18(23)3/h6-16,28H,5H2,1-4H3. The third-order valence-electron chi connectivity index (χ3n) is 5.48. The summed E-state index contributed by atoms with van der Waals surface area (Å²) in [7, 11) is 1.58. The number of aryl methyl sites for hydroxylation is 2. The Morgan fingerprint density at radius 1 is 0.879 bits per heavy atom. The molecule has 0 aromatic heterocycles. The summed E-state index contributed by atoms with van der Waals surface area (Å²) in [6.07, 6.45) is 0. The van der Waals surface area contributed by atoms with Crippen molar-refractivity contribution in [2.75, 3.05) is 23.9 Å². The van der Waals surface area contributed by atoms with E-state index in [1.54, 1.807) is 37.4 Å². The van der Waals surface area contributed by atoms with Crippen LogP contribution in [0.2, 0.25) is 0 Å². The fourth-order valence-electron chi connectivity index (χ4n) is 3.82. The molecule has 0 bridgehead atoms. The van der Waals surface area contributed by atoms with E-state index in [9.17, 15) is 9.59 Å². The van der Waals surface area contributed by atoms with Gasteiger partial charge in [-0.15, -0.1) is 0 Å². The molecule has 6 heteroatoms. The number of amides is 2. The van der Waals surface area contributed by atoms with Gasteiger partial charge in [-0.3, -0.25) is 9.59 Å². The zero-order chi connectivity index (χ0) is 23.5. The SMILES string of the molecule is CCOc1ccc(C2=C(Nc3cccc(OC)c3)C(=O)N(c3cc(C)ccc3C)C2=O)cc1. The summed E-state index contributed by atoms with van der Waals surface area (Å²) in [6, 6.07) is 20.2. The minimum atomic E-state index is -0.402. The Bertz CT molecular complexity index is 1250. The summed E-state index contributed by atoms with van der Waals surface area (Å²) in [4.78, 5) is 28.5. The van der Waals surface area contributed by atoms with Gasteiger partial charge in [0.15, 0.2) is 0 Å². The summed E-state index contributed by atoms with van der Waals surface area (Å²) < 4.78 is 10.8. The molecule has 1 aliphatic rings. The van der Waals surface area contributed by atoms with Crippen LogP contribution >= 0.6 is 0 Å². The Morgan fingerprint density at radius 3 is 2.33 bits per heavy atom. The molecular weight excluding hydrogens is 416 g/mol. The number of methoxy groups -OCH3 is 1. The molecule has 1 aliphatic heterocycles. The fourth-order valence-corrected chi connectivity index (χ4v) is 3.82. The predicted molar refractivity (Wildman–Crippen MR) is 130 cm³/mol. The van der Waals surface area contributed by atoms with E-state index in [1.165, 1.54) is 4.90 Å². The Labute approximate surface area is 193 Å². The number of ether oxygens (including phenoxy) is 2. The molecule has 0 saturated heterocycles. The monoisotopic (exact) mass is 442 g/mol. The summed E-state index contributed by atoms with van der Waals surface area (Å²) in [5, 5.41) is 3.17. The smallest absolute Gasteiger partial charge is 0.282 e. The van der Waals surface area contributed by atoms with E-state index < -0.39 is 5.91 Å². The molecule has 0 spiro atoms. The maximum atomic E-state index is 13.7. The molecule has 1 N–H and O–H groups in total. The zero-order valence-corrected chi connectivity index (χ0v) is 19.1. The summed E-state index contributed by atoms with van der Waals surface area (Å²) >= 11 is 0. The van der Waals surface area contributed by atoms with E-state index in [2.05, 4.69) is 5.32 Å². The van der Waals surface area contributed by atoms with Gasteiger partial charge < -0.3 is 14.8 Å². The number of carbonyl (C=O) groups is 2. The van der Waals surface area contributed by atoms with Crippen molar-refractivity contribution in [3.63, 3.8) is 0 Å². The molecule has 2 amide bonds. The molecule has 0 saturated carbocycles. The van der Waals surface area contributed by atoms with Crippen LogP contribution in [0.5, 0.6) is 11.5 Å².